The van der Waals surface area contributed by atoms with Crippen molar-refractivity contribution >= 4 is 28.7 Å². The van der Waals surface area contributed by atoms with Crippen LogP contribution in [0.5, 0.6) is 0 Å². The molecule has 0 radical (unpaired) electrons. The number of ketones is 1. The number of fused-ring (bicyclic) bond motifs is 2. The number of hydrogen-bond acceptors (Lipinski definition) is 6. The Bertz CT molecular complexity index is 840. The van der Waals surface area contributed by atoms with Crippen molar-refractivity contribution in [3.8, 4) is 0 Å². The molecular formula is C15H17N5O3. The van der Waals surface area contributed by atoms with Crippen LogP contribution in [0.25, 0.3) is 0 Å². The van der Waals surface area contributed by atoms with Crippen molar-refractivity contribution in [3.63, 3.8) is 0 Å². The normalized spacial score (nSPS) is 22.1. The highest BCUT2D eigenvalue weighted by Crippen LogP contribution is 2.24. The topological polar surface area (TPSA) is 104 Å². The predicted octanol–water partition coefficient (Wildman–Crippen LogP) is 0.426. The van der Waals surface area contributed by atoms with Crippen LogP contribution in [0.1, 0.15) is 19.3 Å². The summed E-state index contributed by atoms with van der Waals surface area (Å²) >= 11 is 0. The molecule has 23 heavy (non-hydrogen) atoms. The van der Waals surface area contributed by atoms with Crippen LogP contribution >= 0.6 is 0 Å². The van der Waals surface area contributed by atoms with E-state index in [0.29, 0.717) is 43.5 Å². The molecule has 1 aromatic rings. The van der Waals surface area contributed by atoms with Crippen molar-refractivity contribution in [1.82, 2.24) is 9.36 Å². The molecule has 0 amide bonds. The van der Waals surface area contributed by atoms with Crippen LogP contribution < -0.4 is 11.3 Å². The lowest BCUT2D eigenvalue weighted by Gasteiger charge is -2.20. The minimum Gasteiger partial charge on any atom is -0.490 e. The fourth-order valence-electron chi connectivity index (χ4n) is 3.11. The quantitative estimate of drug-likeness (QED) is 0.811. The number of aliphatic imine (C=N–C) groups is 2. The number of anilines is 1. The number of carbonyl (C=O) groups is 1. The van der Waals surface area contributed by atoms with Gasteiger partial charge >= 0.3 is 0 Å². The maximum atomic E-state index is 12.5. The molecular weight excluding hydrogens is 298 g/mol. The molecule has 8 nitrogen and oxygen atoms in total. The van der Waals surface area contributed by atoms with E-state index in [4.69, 9.17) is 10.5 Å². The van der Waals surface area contributed by atoms with Gasteiger partial charge in [-0.05, 0) is 12.8 Å². The smallest absolute Gasteiger partial charge is 0.294 e. The number of Topliss-reactive ketones (excluding diaryl/α,β-unsaturated/α-hetero) is 1. The van der Waals surface area contributed by atoms with Crippen molar-refractivity contribution in [2.24, 2.45) is 9.98 Å². The number of aromatic nitrogens is 2. The van der Waals surface area contributed by atoms with Crippen LogP contribution in [0.4, 0.5) is 11.5 Å². The second kappa shape index (κ2) is 5.22. The van der Waals surface area contributed by atoms with Crippen LogP contribution in [0.2, 0.25) is 0 Å². The number of ether oxygens (including phenoxy) is 1. The zero-order valence-electron chi connectivity index (χ0n) is 12.6. The highest BCUT2D eigenvalue weighted by atomic mass is 16.5. The number of allylic oxidation sites excluding steroid dienone is 2. The number of nitrogens with zero attached hydrogens (tertiary/aromatic N) is 4. The van der Waals surface area contributed by atoms with E-state index in [2.05, 4.69) is 9.98 Å². The summed E-state index contributed by atoms with van der Waals surface area (Å²) in [5, 5.41) is 0. The summed E-state index contributed by atoms with van der Waals surface area (Å²) in [5.41, 5.74) is 6.82. The van der Waals surface area contributed by atoms with Gasteiger partial charge < -0.3 is 10.5 Å². The first kappa shape index (κ1) is 14.0. The van der Waals surface area contributed by atoms with Gasteiger partial charge in [0, 0.05) is 19.2 Å². The SMILES string of the molecule is Nc1c(N=C2C=C3OCCN=C3CC2=O)c(=O)n2n1CCCC2. The Morgan fingerprint density at radius 3 is 2.78 bits per heavy atom. The Hall–Kier alpha value is -2.64. The summed E-state index contributed by atoms with van der Waals surface area (Å²) in [7, 11) is 0. The van der Waals surface area contributed by atoms with E-state index in [1.807, 2.05) is 0 Å². The van der Waals surface area contributed by atoms with Crippen LogP contribution in [0, 0.1) is 0 Å². The van der Waals surface area contributed by atoms with E-state index < -0.39 is 0 Å². The fraction of sp³-hybridized carbons (Fsp3) is 0.467. The van der Waals surface area contributed by atoms with E-state index in [9.17, 15) is 9.59 Å². The van der Waals surface area contributed by atoms with Crippen LogP contribution in [0.15, 0.2) is 26.6 Å². The molecule has 1 aromatic heterocycles. The molecule has 0 bridgehead atoms. The highest BCUT2D eigenvalue weighted by molar-refractivity contribution is 6.50. The van der Waals surface area contributed by atoms with Gasteiger partial charge in [-0.25, -0.2) is 9.67 Å². The highest BCUT2D eigenvalue weighted by Gasteiger charge is 2.27. The molecule has 0 saturated carbocycles. The number of carbonyl (C=O) groups excluding carboxylic acids is 1. The van der Waals surface area contributed by atoms with E-state index in [-0.39, 0.29) is 29.2 Å². The molecule has 3 aliphatic rings. The Kier molecular flexibility index (Phi) is 3.17. The number of hydrogen-bond donors (Lipinski definition) is 1. The molecule has 120 valence electrons. The first-order valence-corrected chi connectivity index (χ1v) is 7.74. The molecule has 0 saturated heterocycles. The lowest BCUT2D eigenvalue weighted by Crippen LogP contribution is -2.29. The van der Waals surface area contributed by atoms with Crippen molar-refractivity contribution in [2.75, 3.05) is 18.9 Å². The summed E-state index contributed by atoms with van der Waals surface area (Å²) in [4.78, 5) is 33.3. The summed E-state index contributed by atoms with van der Waals surface area (Å²) < 4.78 is 8.86. The third kappa shape index (κ3) is 2.21. The Labute approximate surface area is 131 Å². The lowest BCUT2D eigenvalue weighted by molar-refractivity contribution is -0.112. The standard InChI is InChI=1S/C15H17N5O3/c16-14-13(15(22)20-5-2-1-4-19(14)20)18-9-8-12-10(7-11(9)21)17-3-6-23-12/h8H,1-7,16H2. The summed E-state index contributed by atoms with van der Waals surface area (Å²) in [6.07, 6.45) is 3.63. The van der Waals surface area contributed by atoms with Crippen LogP contribution in [-0.4, -0.2) is 39.7 Å². The zero-order valence-corrected chi connectivity index (χ0v) is 12.6. The van der Waals surface area contributed by atoms with Gasteiger partial charge in [-0.1, -0.05) is 0 Å². The van der Waals surface area contributed by atoms with Gasteiger partial charge in [0.15, 0.2) is 17.3 Å². The molecule has 0 fully saturated rings. The molecule has 0 spiro atoms. The van der Waals surface area contributed by atoms with E-state index in [1.165, 1.54) is 0 Å². The van der Waals surface area contributed by atoms with Gasteiger partial charge in [-0.3, -0.25) is 19.3 Å². The number of nitrogens with two attached hydrogens (primary N) is 1. The zero-order chi connectivity index (χ0) is 16.0. The first-order chi connectivity index (χ1) is 11.1. The second-order valence-electron chi connectivity index (χ2n) is 5.77. The molecule has 0 unspecified atom stereocenters. The number of nitrogen functional groups attached to an aromatic ring is 1. The molecule has 4 rings (SSSR count). The molecule has 0 aromatic carbocycles. The monoisotopic (exact) mass is 315 g/mol. The van der Waals surface area contributed by atoms with Crippen molar-refractivity contribution in [3.05, 3.63) is 22.2 Å². The Morgan fingerprint density at radius 1 is 1.22 bits per heavy atom. The molecule has 1 aliphatic carbocycles. The maximum absolute atomic E-state index is 12.5. The van der Waals surface area contributed by atoms with Crippen molar-refractivity contribution < 1.29 is 9.53 Å². The van der Waals surface area contributed by atoms with E-state index >= 15 is 0 Å². The predicted molar refractivity (Wildman–Crippen MR) is 85.4 cm³/mol. The average molecular weight is 315 g/mol. The Morgan fingerprint density at radius 2 is 2.00 bits per heavy atom. The third-order valence-corrected chi connectivity index (χ3v) is 4.29. The maximum Gasteiger partial charge on any atom is 0.294 e. The summed E-state index contributed by atoms with van der Waals surface area (Å²) in [6.45, 7) is 2.37. The van der Waals surface area contributed by atoms with Gasteiger partial charge in [-0.15, -0.1) is 0 Å². The summed E-state index contributed by atoms with van der Waals surface area (Å²) in [6, 6.07) is 0. The lowest BCUT2D eigenvalue weighted by atomic mass is 10.00. The first-order valence-electron chi connectivity index (χ1n) is 7.74. The van der Waals surface area contributed by atoms with Gasteiger partial charge in [0.05, 0.1) is 18.7 Å². The molecule has 2 N–H and O–H groups in total. The molecule has 8 heteroatoms. The fourth-order valence-corrected chi connectivity index (χ4v) is 3.11. The molecule has 2 aliphatic heterocycles. The van der Waals surface area contributed by atoms with Crippen LogP contribution in [-0.2, 0) is 22.6 Å². The van der Waals surface area contributed by atoms with Crippen LogP contribution in [0.3, 0.4) is 0 Å². The number of rotatable bonds is 1. The third-order valence-electron chi connectivity index (χ3n) is 4.29. The molecule has 0 atom stereocenters. The van der Waals surface area contributed by atoms with Gasteiger partial charge in [0.1, 0.15) is 18.1 Å². The average Bonchev–Trinajstić information content (AvgIpc) is 2.81. The minimum absolute atomic E-state index is 0.142. The van der Waals surface area contributed by atoms with Gasteiger partial charge in [0.2, 0.25) is 0 Å². The second-order valence-corrected chi connectivity index (χ2v) is 5.77. The minimum atomic E-state index is -0.245. The summed E-state index contributed by atoms with van der Waals surface area (Å²) in [5.74, 6) is 0.709. The van der Waals surface area contributed by atoms with E-state index in [0.717, 1.165) is 12.8 Å². The van der Waals surface area contributed by atoms with E-state index in [1.54, 1.807) is 15.4 Å². The Balaban J connectivity index is 1.80. The largest absolute Gasteiger partial charge is 0.490 e. The molecule has 3 heterocycles. The van der Waals surface area contributed by atoms with Crippen molar-refractivity contribution in [2.45, 2.75) is 32.4 Å². The van der Waals surface area contributed by atoms with Gasteiger partial charge in [-0.2, -0.15) is 0 Å². The van der Waals surface area contributed by atoms with Crippen molar-refractivity contribution in [1.29, 1.82) is 0 Å². The van der Waals surface area contributed by atoms with Gasteiger partial charge in [0.25, 0.3) is 5.56 Å².